The molecule has 1 aliphatic heterocycles. The fourth-order valence-electron chi connectivity index (χ4n) is 0.831. The van der Waals surface area contributed by atoms with Crippen molar-refractivity contribution < 1.29 is 9.53 Å². The van der Waals surface area contributed by atoms with E-state index in [4.69, 9.17) is 4.74 Å². The molecule has 1 aliphatic rings. The van der Waals surface area contributed by atoms with E-state index in [-0.39, 0.29) is 5.97 Å². The van der Waals surface area contributed by atoms with Crippen molar-refractivity contribution >= 4 is 11.7 Å². The van der Waals surface area contributed by atoms with Crippen molar-refractivity contribution in [1.82, 2.24) is 0 Å². The average molecular weight is 167 g/mol. The standard InChI is InChI=1S/C9H13NO2/c1-9(2,3)12-8(11)7-5-4-6-10-7/h4-5H,6H2,1-3H3. The summed E-state index contributed by atoms with van der Waals surface area (Å²) in [5.74, 6) is -0.337. The molecule has 0 aromatic carbocycles. The summed E-state index contributed by atoms with van der Waals surface area (Å²) in [6, 6.07) is 0. The lowest BCUT2D eigenvalue weighted by molar-refractivity contribution is -0.145. The van der Waals surface area contributed by atoms with E-state index in [9.17, 15) is 4.79 Å². The predicted octanol–water partition coefficient (Wildman–Crippen LogP) is 1.34. The molecule has 1 heterocycles. The van der Waals surface area contributed by atoms with Crippen LogP contribution >= 0.6 is 0 Å². The Morgan fingerprint density at radius 1 is 1.58 bits per heavy atom. The number of hydrogen-bond donors (Lipinski definition) is 0. The van der Waals surface area contributed by atoms with E-state index >= 15 is 0 Å². The number of carbonyl (C=O) groups is 1. The van der Waals surface area contributed by atoms with Crippen LogP contribution in [0.25, 0.3) is 0 Å². The van der Waals surface area contributed by atoms with E-state index in [0.717, 1.165) is 0 Å². The predicted molar refractivity (Wildman–Crippen MR) is 47.3 cm³/mol. The van der Waals surface area contributed by atoms with Crippen LogP contribution in [0.4, 0.5) is 0 Å². The minimum Gasteiger partial charge on any atom is -0.455 e. The van der Waals surface area contributed by atoms with E-state index in [1.807, 2.05) is 26.8 Å². The maximum absolute atomic E-state index is 11.3. The lowest BCUT2D eigenvalue weighted by Gasteiger charge is -2.18. The van der Waals surface area contributed by atoms with Crippen LogP contribution in [0.1, 0.15) is 20.8 Å². The Kier molecular flexibility index (Phi) is 2.31. The molecule has 3 nitrogen and oxygen atoms in total. The Morgan fingerprint density at radius 3 is 2.67 bits per heavy atom. The van der Waals surface area contributed by atoms with Gasteiger partial charge in [0.25, 0.3) is 0 Å². The maximum Gasteiger partial charge on any atom is 0.356 e. The maximum atomic E-state index is 11.3. The molecule has 1 rings (SSSR count). The highest BCUT2D eigenvalue weighted by Gasteiger charge is 2.20. The SMILES string of the molecule is CC(C)(C)OC(=O)C1=NCC=C1. The number of ether oxygens (including phenoxy) is 1. The number of rotatable bonds is 1. The van der Waals surface area contributed by atoms with Crippen LogP contribution < -0.4 is 0 Å². The van der Waals surface area contributed by atoms with Crippen LogP contribution in [0, 0.1) is 0 Å². The molecule has 0 saturated heterocycles. The van der Waals surface area contributed by atoms with Crippen molar-refractivity contribution in [2.24, 2.45) is 4.99 Å². The first-order chi connectivity index (χ1) is 5.49. The van der Waals surface area contributed by atoms with Crippen LogP contribution in [-0.2, 0) is 9.53 Å². The molecule has 0 bridgehead atoms. The molecule has 0 spiro atoms. The topological polar surface area (TPSA) is 38.7 Å². The fraction of sp³-hybridized carbons (Fsp3) is 0.556. The molecule has 0 saturated carbocycles. The van der Waals surface area contributed by atoms with E-state index in [1.165, 1.54) is 0 Å². The molecule has 12 heavy (non-hydrogen) atoms. The molecule has 0 radical (unpaired) electrons. The van der Waals surface area contributed by atoms with Crippen molar-refractivity contribution in [2.75, 3.05) is 6.54 Å². The molecule has 0 aliphatic carbocycles. The Bertz CT molecular complexity index is 246. The van der Waals surface area contributed by atoms with Crippen LogP contribution in [0.5, 0.6) is 0 Å². The first-order valence-electron chi connectivity index (χ1n) is 3.93. The molecule has 0 aromatic rings. The van der Waals surface area contributed by atoms with Gasteiger partial charge >= 0.3 is 5.97 Å². The molecule has 3 heteroatoms. The Balaban J connectivity index is 2.55. The van der Waals surface area contributed by atoms with Crippen molar-refractivity contribution in [1.29, 1.82) is 0 Å². The van der Waals surface area contributed by atoms with Crippen molar-refractivity contribution in [3.63, 3.8) is 0 Å². The van der Waals surface area contributed by atoms with Crippen LogP contribution in [0.15, 0.2) is 17.1 Å². The van der Waals surface area contributed by atoms with Crippen LogP contribution in [-0.4, -0.2) is 23.8 Å². The lowest BCUT2D eigenvalue weighted by atomic mass is 10.2. The van der Waals surface area contributed by atoms with Gasteiger partial charge in [0.2, 0.25) is 0 Å². The summed E-state index contributed by atoms with van der Waals surface area (Å²) >= 11 is 0. The molecule has 0 atom stereocenters. The van der Waals surface area contributed by atoms with E-state index in [0.29, 0.717) is 12.3 Å². The summed E-state index contributed by atoms with van der Waals surface area (Å²) in [4.78, 5) is 15.2. The minimum atomic E-state index is -0.434. The number of esters is 1. The summed E-state index contributed by atoms with van der Waals surface area (Å²) in [5.41, 5.74) is -0.0133. The Hall–Kier alpha value is -1.12. The highest BCUT2D eigenvalue weighted by Crippen LogP contribution is 2.08. The summed E-state index contributed by atoms with van der Waals surface area (Å²) < 4.78 is 5.10. The van der Waals surface area contributed by atoms with Crippen molar-refractivity contribution in [3.8, 4) is 0 Å². The van der Waals surface area contributed by atoms with Gasteiger partial charge in [0.15, 0.2) is 0 Å². The zero-order valence-corrected chi connectivity index (χ0v) is 7.63. The van der Waals surface area contributed by atoms with Gasteiger partial charge in [0, 0.05) is 0 Å². The molecule has 66 valence electrons. The van der Waals surface area contributed by atoms with Gasteiger partial charge in [-0.05, 0) is 26.8 Å². The quantitative estimate of drug-likeness (QED) is 0.553. The number of hydrogen-bond acceptors (Lipinski definition) is 3. The Labute approximate surface area is 72.1 Å². The van der Waals surface area contributed by atoms with Gasteiger partial charge < -0.3 is 4.74 Å². The fourth-order valence-corrected chi connectivity index (χ4v) is 0.831. The normalized spacial score (nSPS) is 16.1. The van der Waals surface area contributed by atoms with Gasteiger partial charge in [-0.3, -0.25) is 4.99 Å². The zero-order chi connectivity index (χ0) is 9.19. The van der Waals surface area contributed by atoms with Gasteiger partial charge in [-0.15, -0.1) is 0 Å². The first kappa shape index (κ1) is 8.97. The summed E-state index contributed by atoms with van der Waals surface area (Å²) in [5, 5.41) is 0. The smallest absolute Gasteiger partial charge is 0.356 e. The minimum absolute atomic E-state index is 0.337. The highest BCUT2D eigenvalue weighted by molar-refractivity contribution is 6.41. The van der Waals surface area contributed by atoms with Crippen LogP contribution in [0.2, 0.25) is 0 Å². The third-order valence-electron chi connectivity index (χ3n) is 1.25. The third kappa shape index (κ3) is 2.49. The van der Waals surface area contributed by atoms with Crippen molar-refractivity contribution in [3.05, 3.63) is 12.2 Å². The van der Waals surface area contributed by atoms with Gasteiger partial charge in [-0.25, -0.2) is 4.79 Å². The summed E-state index contributed by atoms with van der Waals surface area (Å²) in [7, 11) is 0. The second-order valence-corrected chi connectivity index (χ2v) is 3.63. The monoisotopic (exact) mass is 167 g/mol. The number of nitrogens with zero attached hydrogens (tertiary/aromatic N) is 1. The highest BCUT2D eigenvalue weighted by atomic mass is 16.6. The molecular weight excluding hydrogens is 154 g/mol. The van der Waals surface area contributed by atoms with Crippen molar-refractivity contribution in [2.45, 2.75) is 26.4 Å². The van der Waals surface area contributed by atoms with Gasteiger partial charge in [0.05, 0.1) is 6.54 Å². The summed E-state index contributed by atoms with van der Waals surface area (Å²) in [6.07, 6.45) is 3.52. The van der Waals surface area contributed by atoms with Gasteiger partial charge in [-0.2, -0.15) is 0 Å². The number of carbonyl (C=O) groups excluding carboxylic acids is 1. The van der Waals surface area contributed by atoms with Gasteiger partial charge in [0.1, 0.15) is 11.3 Å². The van der Waals surface area contributed by atoms with E-state index in [2.05, 4.69) is 4.99 Å². The van der Waals surface area contributed by atoms with Gasteiger partial charge in [-0.1, -0.05) is 6.08 Å². The molecule has 0 amide bonds. The third-order valence-corrected chi connectivity index (χ3v) is 1.25. The van der Waals surface area contributed by atoms with E-state index in [1.54, 1.807) is 6.08 Å². The second-order valence-electron chi connectivity index (χ2n) is 3.63. The summed E-state index contributed by atoms with van der Waals surface area (Å²) in [6.45, 7) is 6.10. The first-order valence-corrected chi connectivity index (χ1v) is 3.93. The molecule has 0 unspecified atom stereocenters. The molecular formula is C9H13NO2. The molecule has 0 aromatic heterocycles. The largest absolute Gasteiger partial charge is 0.455 e. The zero-order valence-electron chi connectivity index (χ0n) is 7.63. The number of aliphatic imine (C=N–C) groups is 1. The average Bonchev–Trinajstić information content (AvgIpc) is 2.32. The molecule has 0 N–H and O–H groups in total. The molecule has 0 fully saturated rings. The van der Waals surface area contributed by atoms with Crippen LogP contribution in [0.3, 0.4) is 0 Å². The Morgan fingerprint density at radius 2 is 2.25 bits per heavy atom. The second kappa shape index (κ2) is 3.09. The lowest BCUT2D eigenvalue weighted by Crippen LogP contribution is -2.27. The van der Waals surface area contributed by atoms with E-state index < -0.39 is 5.60 Å².